The first-order valence-electron chi connectivity index (χ1n) is 7.95. The molecule has 0 aliphatic heterocycles. The molecule has 0 bridgehead atoms. The first kappa shape index (κ1) is 13.0. The minimum absolute atomic E-state index is 0.763. The second-order valence-corrected chi connectivity index (χ2v) is 6.52. The molecule has 2 fully saturated rings. The average molecular weight is 282 g/mol. The van der Waals surface area contributed by atoms with Crippen LogP contribution in [0.5, 0.6) is 0 Å². The van der Waals surface area contributed by atoms with Crippen molar-refractivity contribution in [3.8, 4) is 11.3 Å². The highest BCUT2D eigenvalue weighted by Gasteiger charge is 2.43. The van der Waals surface area contributed by atoms with Gasteiger partial charge in [-0.3, -0.25) is 14.6 Å². The zero-order valence-electron chi connectivity index (χ0n) is 12.5. The van der Waals surface area contributed by atoms with E-state index in [1.165, 1.54) is 36.9 Å². The molecule has 4 heteroatoms. The van der Waals surface area contributed by atoms with Gasteiger partial charge in [-0.15, -0.1) is 0 Å². The summed E-state index contributed by atoms with van der Waals surface area (Å²) in [6, 6.07) is 6.95. The second kappa shape index (κ2) is 5.26. The molecule has 2 heterocycles. The topological polar surface area (TPSA) is 34.0 Å². The number of rotatable bonds is 6. The number of aromatic nitrogens is 3. The van der Waals surface area contributed by atoms with Crippen molar-refractivity contribution in [2.75, 3.05) is 7.05 Å². The summed E-state index contributed by atoms with van der Waals surface area (Å²) >= 11 is 0. The van der Waals surface area contributed by atoms with Gasteiger partial charge in [-0.2, -0.15) is 5.10 Å². The summed E-state index contributed by atoms with van der Waals surface area (Å²) in [7, 11) is 2.26. The van der Waals surface area contributed by atoms with Gasteiger partial charge in [0.25, 0.3) is 0 Å². The van der Waals surface area contributed by atoms with Crippen molar-refractivity contribution in [3.63, 3.8) is 0 Å². The highest BCUT2D eigenvalue weighted by molar-refractivity contribution is 5.58. The van der Waals surface area contributed by atoms with Crippen molar-refractivity contribution in [2.24, 2.45) is 11.8 Å². The van der Waals surface area contributed by atoms with Crippen molar-refractivity contribution < 1.29 is 0 Å². The molecule has 110 valence electrons. The van der Waals surface area contributed by atoms with Gasteiger partial charge in [-0.1, -0.05) is 0 Å². The summed E-state index contributed by atoms with van der Waals surface area (Å²) in [6.07, 6.45) is 11.3. The monoisotopic (exact) mass is 282 g/mol. The van der Waals surface area contributed by atoms with Gasteiger partial charge >= 0.3 is 0 Å². The van der Waals surface area contributed by atoms with Crippen LogP contribution < -0.4 is 0 Å². The van der Waals surface area contributed by atoms with Crippen LogP contribution in [0.15, 0.2) is 36.8 Å². The Hall–Kier alpha value is -1.68. The summed E-state index contributed by atoms with van der Waals surface area (Å²) in [4.78, 5) is 6.62. The van der Waals surface area contributed by atoms with Crippen LogP contribution in [0.1, 0.15) is 25.7 Å². The Labute approximate surface area is 125 Å². The fourth-order valence-corrected chi connectivity index (χ4v) is 3.50. The van der Waals surface area contributed by atoms with E-state index in [-0.39, 0.29) is 0 Å². The van der Waals surface area contributed by atoms with Gasteiger partial charge < -0.3 is 0 Å². The maximum absolute atomic E-state index is 4.53. The predicted octanol–water partition coefficient (Wildman–Crippen LogP) is 3.02. The van der Waals surface area contributed by atoms with E-state index >= 15 is 0 Å². The molecule has 2 aromatic rings. The maximum Gasteiger partial charge on any atom is 0.0936 e. The first-order chi connectivity index (χ1) is 10.3. The van der Waals surface area contributed by atoms with E-state index in [1.807, 2.05) is 30.7 Å². The Bertz CT molecular complexity index is 586. The van der Waals surface area contributed by atoms with E-state index in [0.29, 0.717) is 0 Å². The van der Waals surface area contributed by atoms with Crippen molar-refractivity contribution >= 4 is 0 Å². The van der Waals surface area contributed by atoms with E-state index in [9.17, 15) is 0 Å². The summed E-state index contributed by atoms with van der Waals surface area (Å²) in [6.45, 7) is 0.877. The first-order valence-corrected chi connectivity index (χ1v) is 7.95. The van der Waals surface area contributed by atoms with Crippen LogP contribution in [0.3, 0.4) is 0 Å². The van der Waals surface area contributed by atoms with Crippen molar-refractivity contribution in [3.05, 3.63) is 36.8 Å². The Kier molecular flexibility index (Phi) is 3.26. The molecule has 2 aliphatic rings. The van der Waals surface area contributed by atoms with E-state index < -0.39 is 0 Å². The van der Waals surface area contributed by atoms with Gasteiger partial charge in [-0.05, 0) is 62.8 Å². The Morgan fingerprint density at radius 3 is 2.38 bits per heavy atom. The van der Waals surface area contributed by atoms with Crippen molar-refractivity contribution in [1.29, 1.82) is 0 Å². The third-order valence-electron chi connectivity index (χ3n) is 4.77. The lowest BCUT2D eigenvalue weighted by atomic mass is 10.1. The summed E-state index contributed by atoms with van der Waals surface area (Å²) in [5, 5.41) is 4.53. The largest absolute Gasteiger partial charge is 0.284 e. The molecule has 4 rings (SSSR count). The van der Waals surface area contributed by atoms with Crippen LogP contribution >= 0.6 is 0 Å². The minimum atomic E-state index is 0.763. The molecule has 0 aromatic carbocycles. The molecular weight excluding hydrogens is 260 g/mol. The smallest absolute Gasteiger partial charge is 0.0936 e. The van der Waals surface area contributed by atoms with E-state index in [4.69, 9.17) is 0 Å². The molecule has 0 saturated heterocycles. The van der Waals surface area contributed by atoms with Gasteiger partial charge in [-0.25, -0.2) is 0 Å². The molecule has 0 N–H and O–H groups in total. The summed E-state index contributed by atoms with van der Waals surface area (Å²) in [5.41, 5.74) is 2.36. The van der Waals surface area contributed by atoms with E-state index in [1.54, 1.807) is 0 Å². The summed E-state index contributed by atoms with van der Waals surface area (Å²) < 4.78 is 2.12. The number of pyridine rings is 1. The van der Waals surface area contributed by atoms with Crippen molar-refractivity contribution in [2.45, 2.75) is 38.4 Å². The van der Waals surface area contributed by atoms with Crippen LogP contribution in [-0.4, -0.2) is 32.8 Å². The fraction of sp³-hybridized carbons (Fsp3) is 0.529. The predicted molar refractivity (Wildman–Crippen MR) is 82.5 cm³/mol. The molecule has 0 spiro atoms. The third kappa shape index (κ3) is 2.72. The molecule has 2 aliphatic carbocycles. The molecule has 21 heavy (non-hydrogen) atoms. The fourth-order valence-electron chi connectivity index (χ4n) is 3.50. The van der Waals surface area contributed by atoms with Gasteiger partial charge in [0.15, 0.2) is 0 Å². The third-order valence-corrected chi connectivity index (χ3v) is 4.77. The lowest BCUT2D eigenvalue weighted by molar-refractivity contribution is 0.147. The minimum Gasteiger partial charge on any atom is -0.284 e. The Balaban J connectivity index is 1.53. The standard InChI is InChI=1S/C17H22N4/c1-20(17(14-2-3-14)15-4-5-15)12-21-16(8-11-19-21)13-6-9-18-10-7-13/h6-11,14-15,17H,2-5,12H2,1H3. The summed E-state index contributed by atoms with van der Waals surface area (Å²) in [5.74, 6) is 1.87. The number of hydrogen-bond donors (Lipinski definition) is 0. The van der Waals surface area contributed by atoms with Crippen LogP contribution in [0.4, 0.5) is 0 Å². The lowest BCUT2D eigenvalue weighted by Gasteiger charge is -2.28. The Morgan fingerprint density at radius 1 is 1.10 bits per heavy atom. The maximum atomic E-state index is 4.53. The zero-order valence-corrected chi connectivity index (χ0v) is 12.5. The molecule has 2 aromatic heterocycles. The number of hydrogen-bond acceptors (Lipinski definition) is 3. The second-order valence-electron chi connectivity index (χ2n) is 6.52. The van der Waals surface area contributed by atoms with Crippen LogP contribution in [0.25, 0.3) is 11.3 Å². The van der Waals surface area contributed by atoms with Gasteiger partial charge in [0.1, 0.15) is 0 Å². The van der Waals surface area contributed by atoms with E-state index in [0.717, 1.165) is 24.5 Å². The normalized spacial score (nSPS) is 18.6. The highest BCUT2D eigenvalue weighted by Crippen LogP contribution is 2.46. The highest BCUT2D eigenvalue weighted by atomic mass is 15.4. The van der Waals surface area contributed by atoms with Gasteiger partial charge in [0, 0.05) is 30.2 Å². The quantitative estimate of drug-likeness (QED) is 0.816. The zero-order chi connectivity index (χ0) is 14.2. The average Bonchev–Trinajstić information content (AvgIpc) is 3.43. The molecule has 4 nitrogen and oxygen atoms in total. The van der Waals surface area contributed by atoms with Crippen LogP contribution in [0.2, 0.25) is 0 Å². The van der Waals surface area contributed by atoms with Crippen LogP contribution in [0, 0.1) is 11.8 Å². The lowest BCUT2D eigenvalue weighted by Crippen LogP contribution is -2.37. The SMILES string of the molecule is CN(Cn1nccc1-c1ccncc1)C(C1CC1)C1CC1. The van der Waals surface area contributed by atoms with Gasteiger partial charge in [0.2, 0.25) is 0 Å². The molecule has 2 saturated carbocycles. The number of nitrogens with zero attached hydrogens (tertiary/aromatic N) is 4. The van der Waals surface area contributed by atoms with Gasteiger partial charge in [0.05, 0.1) is 12.4 Å². The van der Waals surface area contributed by atoms with Crippen molar-refractivity contribution in [1.82, 2.24) is 19.7 Å². The molecule has 0 atom stereocenters. The Morgan fingerprint density at radius 2 is 1.76 bits per heavy atom. The molecule has 0 unspecified atom stereocenters. The van der Waals surface area contributed by atoms with E-state index in [2.05, 4.69) is 32.8 Å². The molecule has 0 amide bonds. The molecule has 0 radical (unpaired) electrons. The molecular formula is C17H22N4. The van der Waals surface area contributed by atoms with Crippen LogP contribution in [-0.2, 0) is 6.67 Å².